The fraction of sp³-hybridized carbons (Fsp3) is 1.00. The Morgan fingerprint density at radius 2 is 1.91 bits per heavy atom. The second kappa shape index (κ2) is 7.93. The predicted octanol–water partition coefficient (Wildman–Crippen LogP) is -1.02. The van der Waals surface area contributed by atoms with Crippen molar-refractivity contribution < 1.29 is 22.8 Å². The average molecular weight is 185 g/mol. The molecule has 0 heterocycles. The fourth-order valence-electron chi connectivity index (χ4n) is 0.408. The van der Waals surface area contributed by atoms with Crippen LogP contribution in [-0.4, -0.2) is 31.1 Å². The first-order valence-corrected chi connectivity index (χ1v) is 4.74. The maximum atomic E-state index is 8.63. The molecule has 70 valence electrons. The fourth-order valence-corrected chi connectivity index (χ4v) is 0.408. The van der Waals surface area contributed by atoms with Gasteiger partial charge in [0, 0.05) is 0 Å². The van der Waals surface area contributed by atoms with E-state index in [2.05, 4.69) is 19.3 Å². The summed E-state index contributed by atoms with van der Waals surface area (Å²) in [7, 11) is -2.81. The van der Waals surface area contributed by atoms with Crippen LogP contribution in [0.5, 0.6) is 0 Å². The maximum absolute atomic E-state index is 8.63. The van der Waals surface area contributed by atoms with Gasteiger partial charge in [-0.25, -0.2) is 8.42 Å². The first-order valence-electron chi connectivity index (χ1n) is 3.38. The molecule has 0 aliphatic carbocycles. The number of nitrogens with two attached hydrogens (primary N) is 1. The molecule has 6 heteroatoms. The number of hydrogen-bond donors (Lipinski definition) is 2. The number of quaternary nitrogens is 1. The number of rotatable bonds is 3. The SMILES string of the molecule is CCCC[NH2+]C.O=S(=O)([O-])O. The highest BCUT2D eigenvalue weighted by Gasteiger charge is 1.76. The molecule has 0 saturated heterocycles. The van der Waals surface area contributed by atoms with Crippen LogP contribution in [0.15, 0.2) is 0 Å². The van der Waals surface area contributed by atoms with Gasteiger partial charge in [0.1, 0.15) is 0 Å². The van der Waals surface area contributed by atoms with Gasteiger partial charge in [0.25, 0.3) is 0 Å². The van der Waals surface area contributed by atoms with Gasteiger partial charge in [-0.1, -0.05) is 13.3 Å². The highest BCUT2D eigenvalue weighted by atomic mass is 32.3. The van der Waals surface area contributed by atoms with E-state index in [4.69, 9.17) is 17.5 Å². The summed E-state index contributed by atoms with van der Waals surface area (Å²) in [6.07, 6.45) is 2.68. The van der Waals surface area contributed by atoms with Crippen LogP contribution < -0.4 is 5.32 Å². The number of unbranched alkanes of at least 4 members (excludes halogenated alkanes) is 1. The minimum atomic E-state index is -4.92. The third-order valence-electron chi connectivity index (χ3n) is 0.846. The topological polar surface area (TPSA) is 94.0 Å². The molecule has 0 rings (SSSR count). The first-order chi connectivity index (χ1) is 4.91. The maximum Gasteiger partial charge on any atom is 0.215 e. The van der Waals surface area contributed by atoms with E-state index in [-0.39, 0.29) is 0 Å². The van der Waals surface area contributed by atoms with E-state index in [1.54, 1.807) is 0 Å². The van der Waals surface area contributed by atoms with E-state index in [1.807, 2.05) is 0 Å². The van der Waals surface area contributed by atoms with Gasteiger partial charge < -0.3 is 9.87 Å². The van der Waals surface area contributed by atoms with Gasteiger partial charge >= 0.3 is 0 Å². The second-order valence-corrected chi connectivity index (χ2v) is 2.83. The molecule has 0 aliphatic rings. The third kappa shape index (κ3) is 75.2. The van der Waals surface area contributed by atoms with Crippen molar-refractivity contribution in [3.63, 3.8) is 0 Å². The summed E-state index contributed by atoms with van der Waals surface area (Å²) in [5, 5.41) is 2.21. The van der Waals surface area contributed by atoms with Crippen LogP contribution in [-0.2, 0) is 10.4 Å². The van der Waals surface area contributed by atoms with Crippen LogP contribution in [0.4, 0.5) is 0 Å². The molecular formula is C5H15NO4S. The summed E-state index contributed by atoms with van der Waals surface area (Å²) in [6.45, 7) is 3.50. The molecule has 0 aromatic rings. The molecule has 0 radical (unpaired) electrons. The van der Waals surface area contributed by atoms with Crippen LogP contribution in [0.25, 0.3) is 0 Å². The molecular weight excluding hydrogens is 170 g/mol. The third-order valence-corrected chi connectivity index (χ3v) is 0.846. The molecule has 0 bridgehead atoms. The molecule has 0 aromatic carbocycles. The predicted molar refractivity (Wildman–Crippen MR) is 40.0 cm³/mol. The molecule has 0 unspecified atom stereocenters. The Bertz CT molecular complexity index is 142. The Kier molecular flexibility index (Phi) is 9.68. The molecule has 0 spiro atoms. The van der Waals surface area contributed by atoms with Gasteiger partial charge in [-0.05, 0) is 6.42 Å². The summed E-state index contributed by atoms with van der Waals surface area (Å²) in [5.74, 6) is 0. The highest BCUT2D eigenvalue weighted by Crippen LogP contribution is 1.76. The minimum absolute atomic E-state index is 1.29. The quantitative estimate of drug-likeness (QED) is 0.334. The van der Waals surface area contributed by atoms with Crippen LogP contribution in [0.2, 0.25) is 0 Å². The van der Waals surface area contributed by atoms with Crippen LogP contribution >= 0.6 is 0 Å². The van der Waals surface area contributed by atoms with E-state index in [1.165, 1.54) is 19.4 Å². The van der Waals surface area contributed by atoms with Crippen LogP contribution in [0.1, 0.15) is 19.8 Å². The van der Waals surface area contributed by atoms with Crippen molar-refractivity contribution in [3.8, 4) is 0 Å². The van der Waals surface area contributed by atoms with Gasteiger partial charge in [0.15, 0.2) is 0 Å². The van der Waals surface area contributed by atoms with Gasteiger partial charge in [0.05, 0.1) is 13.6 Å². The lowest BCUT2D eigenvalue weighted by Gasteiger charge is -1.88. The standard InChI is InChI=1S/C5H13N.H2O4S/c1-3-4-5-6-2;1-5(2,3)4/h6H,3-5H2,1-2H3;(H2,1,2,3,4). The van der Waals surface area contributed by atoms with Crippen LogP contribution in [0, 0.1) is 0 Å². The first kappa shape index (κ1) is 13.4. The van der Waals surface area contributed by atoms with E-state index >= 15 is 0 Å². The lowest BCUT2D eigenvalue weighted by Crippen LogP contribution is -2.79. The van der Waals surface area contributed by atoms with E-state index in [0.717, 1.165) is 0 Å². The lowest BCUT2D eigenvalue weighted by molar-refractivity contribution is -0.627. The molecule has 5 nitrogen and oxygen atoms in total. The summed E-state index contributed by atoms with van der Waals surface area (Å²) in [4.78, 5) is 0. The molecule has 3 N–H and O–H groups in total. The van der Waals surface area contributed by atoms with E-state index in [9.17, 15) is 0 Å². The lowest BCUT2D eigenvalue weighted by atomic mass is 10.3. The molecule has 0 fully saturated rings. The van der Waals surface area contributed by atoms with Crippen molar-refractivity contribution >= 4 is 10.4 Å². The normalized spacial score (nSPS) is 10.2. The van der Waals surface area contributed by atoms with Crippen LogP contribution in [0.3, 0.4) is 0 Å². The Balaban J connectivity index is 0. The van der Waals surface area contributed by atoms with Crippen molar-refractivity contribution in [2.24, 2.45) is 0 Å². The highest BCUT2D eigenvalue weighted by molar-refractivity contribution is 7.79. The summed E-state index contributed by atoms with van der Waals surface area (Å²) < 4.78 is 32.8. The second-order valence-electron chi connectivity index (χ2n) is 1.98. The Hall–Kier alpha value is -0.170. The van der Waals surface area contributed by atoms with Gasteiger partial charge in [-0.2, -0.15) is 0 Å². The van der Waals surface area contributed by atoms with Crippen molar-refractivity contribution in [3.05, 3.63) is 0 Å². The molecule has 11 heavy (non-hydrogen) atoms. The van der Waals surface area contributed by atoms with E-state index < -0.39 is 10.4 Å². The molecule has 0 atom stereocenters. The van der Waals surface area contributed by atoms with E-state index in [0.29, 0.717) is 0 Å². The number of hydrogen-bond acceptors (Lipinski definition) is 3. The molecule has 0 aliphatic heterocycles. The molecule has 0 amide bonds. The zero-order valence-corrected chi connectivity index (χ0v) is 7.60. The van der Waals surface area contributed by atoms with Gasteiger partial charge in [0.2, 0.25) is 10.4 Å². The summed E-state index contributed by atoms with van der Waals surface area (Å²) in [5.41, 5.74) is 0. The molecule has 0 saturated carbocycles. The van der Waals surface area contributed by atoms with Crippen molar-refractivity contribution in [2.45, 2.75) is 19.8 Å². The average Bonchev–Trinajstić information content (AvgIpc) is 1.79. The van der Waals surface area contributed by atoms with Gasteiger partial charge in [-0.3, -0.25) is 4.55 Å². The zero-order chi connectivity index (χ0) is 9.33. The Labute approximate surface area is 67.4 Å². The summed E-state index contributed by atoms with van der Waals surface area (Å²) in [6, 6.07) is 0. The Morgan fingerprint density at radius 3 is 2.00 bits per heavy atom. The monoisotopic (exact) mass is 185 g/mol. The zero-order valence-electron chi connectivity index (χ0n) is 6.78. The van der Waals surface area contributed by atoms with Crippen molar-refractivity contribution in [2.75, 3.05) is 13.6 Å². The Morgan fingerprint density at radius 1 is 1.55 bits per heavy atom. The van der Waals surface area contributed by atoms with Gasteiger partial charge in [-0.15, -0.1) is 0 Å². The summed E-state index contributed by atoms with van der Waals surface area (Å²) >= 11 is 0. The minimum Gasteiger partial charge on any atom is -0.726 e. The van der Waals surface area contributed by atoms with Crippen molar-refractivity contribution in [1.82, 2.24) is 0 Å². The largest absolute Gasteiger partial charge is 0.726 e. The molecule has 0 aromatic heterocycles. The smallest absolute Gasteiger partial charge is 0.215 e. The van der Waals surface area contributed by atoms with Crippen molar-refractivity contribution in [1.29, 1.82) is 0 Å².